The van der Waals surface area contributed by atoms with Gasteiger partial charge in [0, 0.05) is 12.7 Å². The normalized spacial score (nSPS) is 12.7. The molecule has 0 spiro atoms. The maximum Gasteiger partial charge on any atom is 0.333 e. The van der Waals surface area contributed by atoms with E-state index in [9.17, 15) is 14.4 Å². The van der Waals surface area contributed by atoms with Gasteiger partial charge in [-0.3, -0.25) is 9.59 Å². The molecule has 0 radical (unpaired) electrons. The van der Waals surface area contributed by atoms with Crippen LogP contribution in [0.4, 0.5) is 0 Å². The molecule has 29 heavy (non-hydrogen) atoms. The lowest BCUT2D eigenvalue weighted by molar-refractivity contribution is -0.148. The molecule has 0 aromatic heterocycles. The number of amides is 1. The van der Waals surface area contributed by atoms with Gasteiger partial charge in [-0.25, -0.2) is 4.79 Å². The number of carbonyl (C=O) groups is 3. The molecule has 0 bridgehead atoms. The van der Waals surface area contributed by atoms with Gasteiger partial charge < -0.3 is 10.1 Å². The van der Waals surface area contributed by atoms with Gasteiger partial charge in [0.2, 0.25) is 5.91 Å². The molecule has 0 heterocycles. The average Bonchev–Trinajstić information content (AvgIpc) is 2.69. The largest absolute Gasteiger partial charge is 0.464 e. The molecule has 2 aromatic carbocycles. The molecule has 0 aliphatic heterocycles. The van der Waals surface area contributed by atoms with Gasteiger partial charge in [0.15, 0.2) is 11.2 Å². The van der Waals surface area contributed by atoms with Crippen molar-refractivity contribution in [3.8, 4) is 0 Å². The van der Waals surface area contributed by atoms with Crippen molar-refractivity contribution in [2.24, 2.45) is 5.92 Å². The van der Waals surface area contributed by atoms with Crippen molar-refractivity contribution < 1.29 is 19.1 Å². The van der Waals surface area contributed by atoms with Gasteiger partial charge in [-0.15, -0.1) is 0 Å². The summed E-state index contributed by atoms with van der Waals surface area (Å²) in [5, 5.41) is 2.81. The van der Waals surface area contributed by atoms with Crippen LogP contribution in [0.5, 0.6) is 0 Å². The maximum atomic E-state index is 13.1. The summed E-state index contributed by atoms with van der Waals surface area (Å²) in [6, 6.07) is 16.2. The first-order valence-corrected chi connectivity index (χ1v) is 10.6. The van der Waals surface area contributed by atoms with Gasteiger partial charge in [-0.2, -0.15) is 0 Å². The van der Waals surface area contributed by atoms with Crippen LogP contribution in [0, 0.1) is 12.8 Å². The second-order valence-corrected chi connectivity index (χ2v) is 7.99. The third-order valence-electron chi connectivity index (χ3n) is 4.37. The van der Waals surface area contributed by atoms with Crippen LogP contribution >= 0.6 is 11.8 Å². The highest BCUT2D eigenvalue weighted by Gasteiger charge is 2.28. The first-order chi connectivity index (χ1) is 13.9. The van der Waals surface area contributed by atoms with Gasteiger partial charge >= 0.3 is 5.97 Å². The Balaban J connectivity index is 2.23. The third kappa shape index (κ3) is 7.38. The molecular formula is C23H27NO4S. The van der Waals surface area contributed by atoms with Crippen molar-refractivity contribution >= 4 is 28.8 Å². The van der Waals surface area contributed by atoms with Crippen molar-refractivity contribution in [3.05, 3.63) is 71.3 Å². The first-order valence-electron chi connectivity index (χ1n) is 9.61. The van der Waals surface area contributed by atoms with Gasteiger partial charge in [0.1, 0.15) is 0 Å². The number of thioether (sulfide) groups is 1. The van der Waals surface area contributed by atoms with Crippen LogP contribution < -0.4 is 5.32 Å². The number of nitrogens with one attached hydrogen (secondary N) is 1. The summed E-state index contributed by atoms with van der Waals surface area (Å²) in [5.74, 6) is -0.876. The minimum atomic E-state index is -0.886. The van der Waals surface area contributed by atoms with E-state index in [0.29, 0.717) is 17.7 Å². The van der Waals surface area contributed by atoms with Crippen molar-refractivity contribution in [1.82, 2.24) is 5.32 Å². The number of esters is 1. The van der Waals surface area contributed by atoms with Gasteiger partial charge in [0.25, 0.3) is 0 Å². The van der Waals surface area contributed by atoms with Crippen LogP contribution in [-0.4, -0.2) is 29.4 Å². The number of benzene rings is 2. The molecule has 0 saturated carbocycles. The van der Waals surface area contributed by atoms with E-state index in [1.54, 1.807) is 13.0 Å². The minimum absolute atomic E-state index is 0.0449. The topological polar surface area (TPSA) is 72.5 Å². The molecule has 1 amide bonds. The quantitative estimate of drug-likeness (QED) is 0.632. The van der Waals surface area contributed by atoms with Crippen molar-refractivity contribution in [1.29, 1.82) is 0 Å². The van der Waals surface area contributed by atoms with E-state index in [-0.39, 0.29) is 17.6 Å². The Kier molecular flexibility index (Phi) is 8.93. The molecule has 0 aliphatic carbocycles. The highest BCUT2D eigenvalue weighted by atomic mass is 32.2. The smallest absolute Gasteiger partial charge is 0.333 e. The number of carbonyl (C=O) groups excluding carboxylic acids is 3. The molecule has 2 unspecified atom stereocenters. The molecule has 0 fully saturated rings. The monoisotopic (exact) mass is 413 g/mol. The molecular weight excluding hydrogens is 386 g/mol. The van der Waals surface area contributed by atoms with E-state index < -0.39 is 17.9 Å². The summed E-state index contributed by atoms with van der Waals surface area (Å²) in [5.41, 5.74) is 2.66. The predicted octanol–water partition coefficient (Wildman–Crippen LogP) is 3.85. The Morgan fingerprint density at radius 2 is 1.79 bits per heavy atom. The fourth-order valence-electron chi connectivity index (χ4n) is 2.96. The summed E-state index contributed by atoms with van der Waals surface area (Å²) in [7, 11) is 0. The number of ether oxygens (including phenoxy) is 1. The second-order valence-electron chi connectivity index (χ2n) is 6.80. The van der Waals surface area contributed by atoms with E-state index in [1.165, 1.54) is 6.92 Å². The molecule has 1 N–H and O–H groups in total. The molecule has 2 aromatic rings. The van der Waals surface area contributed by atoms with Crippen LogP contribution in [0.3, 0.4) is 0 Å². The zero-order valence-electron chi connectivity index (χ0n) is 17.0. The third-order valence-corrected chi connectivity index (χ3v) is 5.34. The van der Waals surface area contributed by atoms with Crippen molar-refractivity contribution in [2.45, 2.75) is 33.2 Å². The van der Waals surface area contributed by atoms with E-state index in [1.807, 2.05) is 55.5 Å². The van der Waals surface area contributed by atoms with Crippen LogP contribution in [0.25, 0.3) is 0 Å². The van der Waals surface area contributed by atoms with Gasteiger partial charge in [-0.1, -0.05) is 71.9 Å². The number of rotatable bonds is 9. The molecule has 0 aliphatic rings. The molecule has 2 rings (SSSR count). The van der Waals surface area contributed by atoms with E-state index in [0.717, 1.165) is 22.9 Å². The molecule has 2 atom stereocenters. The Hall–Kier alpha value is -2.60. The standard InChI is InChI=1S/C23H27NO4S/c1-4-28-23(27)21(19-12-8-9-16(2)13-19)24-22(26)20(15-29-17(3)25)14-18-10-6-5-7-11-18/h5-13,20-21H,4,14-15H2,1-3H3,(H,24,26). The zero-order chi connectivity index (χ0) is 21.2. The maximum absolute atomic E-state index is 13.1. The molecule has 0 saturated heterocycles. The lowest BCUT2D eigenvalue weighted by Gasteiger charge is -2.22. The van der Waals surface area contributed by atoms with E-state index in [4.69, 9.17) is 4.74 Å². The lowest BCUT2D eigenvalue weighted by atomic mass is 9.98. The van der Waals surface area contributed by atoms with Crippen LogP contribution in [-0.2, 0) is 25.5 Å². The number of hydrogen-bond acceptors (Lipinski definition) is 5. The Morgan fingerprint density at radius 1 is 1.07 bits per heavy atom. The van der Waals surface area contributed by atoms with Gasteiger partial charge in [-0.05, 0) is 31.4 Å². The second kappa shape index (κ2) is 11.4. The van der Waals surface area contributed by atoms with Crippen LogP contribution in [0.1, 0.15) is 36.6 Å². The minimum Gasteiger partial charge on any atom is -0.464 e. The highest BCUT2D eigenvalue weighted by Crippen LogP contribution is 2.20. The number of hydrogen-bond donors (Lipinski definition) is 1. The lowest BCUT2D eigenvalue weighted by Crippen LogP contribution is -2.40. The Labute approximate surface area is 176 Å². The fourth-order valence-corrected chi connectivity index (χ4v) is 3.66. The Bertz CT molecular complexity index is 838. The van der Waals surface area contributed by atoms with Crippen molar-refractivity contribution in [3.63, 3.8) is 0 Å². The predicted molar refractivity (Wildman–Crippen MR) is 115 cm³/mol. The van der Waals surface area contributed by atoms with Crippen LogP contribution in [0.2, 0.25) is 0 Å². The highest BCUT2D eigenvalue weighted by molar-refractivity contribution is 8.13. The summed E-state index contributed by atoms with van der Waals surface area (Å²) < 4.78 is 5.18. The zero-order valence-corrected chi connectivity index (χ0v) is 17.8. The average molecular weight is 414 g/mol. The number of aryl methyl sites for hydroxylation is 1. The fraction of sp³-hybridized carbons (Fsp3) is 0.348. The molecule has 5 nitrogen and oxygen atoms in total. The Morgan fingerprint density at radius 3 is 2.41 bits per heavy atom. The summed E-state index contributed by atoms with van der Waals surface area (Å²) in [4.78, 5) is 37.1. The van der Waals surface area contributed by atoms with E-state index in [2.05, 4.69) is 5.32 Å². The summed E-state index contributed by atoms with van der Waals surface area (Å²) in [6.45, 7) is 5.37. The molecule has 6 heteroatoms. The summed E-state index contributed by atoms with van der Waals surface area (Å²) >= 11 is 1.12. The van der Waals surface area contributed by atoms with Crippen LogP contribution in [0.15, 0.2) is 54.6 Å². The van der Waals surface area contributed by atoms with Gasteiger partial charge in [0.05, 0.1) is 12.5 Å². The molecule has 154 valence electrons. The SMILES string of the molecule is CCOC(=O)C(NC(=O)C(CSC(C)=O)Cc1ccccc1)c1cccc(C)c1. The van der Waals surface area contributed by atoms with Crippen molar-refractivity contribution in [2.75, 3.05) is 12.4 Å². The summed E-state index contributed by atoms with van der Waals surface area (Å²) in [6.07, 6.45) is 0.482. The first kappa shape index (κ1) is 22.7. The van der Waals surface area contributed by atoms with E-state index >= 15 is 0 Å².